The molecule has 0 aromatic heterocycles. The normalized spacial score (nSPS) is 14.3. The van der Waals surface area contributed by atoms with Crippen LogP contribution in [0.2, 0.25) is 0 Å². The predicted octanol–water partition coefficient (Wildman–Crippen LogP) is -0.963. The molecule has 0 spiro atoms. The maximum absolute atomic E-state index is 11.2. The topological polar surface area (TPSA) is 237 Å². The maximum Gasteiger partial charge on any atom is 0.326 e. The highest BCUT2D eigenvalue weighted by atomic mass is 31.2. The zero-order valence-electron chi connectivity index (χ0n) is 15.8. The molecular weight excluding hydrogens is 476 g/mol. The Hall–Kier alpha value is 0.520. The Morgan fingerprint density at radius 2 is 0.759 bits per heavy atom. The van der Waals surface area contributed by atoms with E-state index in [0.29, 0.717) is 0 Å². The standard InChI is InChI=1S/C11H30N2O12P4/c1-2-11(12(3-7-26(14,15)16)4-8-27(17,18)19)13(5-9-28(20,21)22)6-10-29(23,24)25/h11H,2-10H2,1H3,(H2,14,15,16)(H2,17,18,19)(H2,20,21,22)(H2,23,24,25). The first kappa shape index (κ1) is 29.5. The van der Waals surface area contributed by atoms with Crippen molar-refractivity contribution in [3.05, 3.63) is 0 Å². The van der Waals surface area contributed by atoms with Gasteiger partial charge in [-0.15, -0.1) is 0 Å². The van der Waals surface area contributed by atoms with Crippen molar-refractivity contribution in [1.29, 1.82) is 0 Å². The van der Waals surface area contributed by atoms with Gasteiger partial charge in [-0.1, -0.05) is 6.92 Å². The Morgan fingerprint density at radius 3 is 0.897 bits per heavy atom. The fourth-order valence-corrected chi connectivity index (χ4v) is 4.67. The van der Waals surface area contributed by atoms with E-state index in [4.69, 9.17) is 39.1 Å². The van der Waals surface area contributed by atoms with Gasteiger partial charge in [0.15, 0.2) is 0 Å². The minimum atomic E-state index is -4.45. The second kappa shape index (κ2) is 11.9. The maximum atomic E-state index is 11.2. The lowest BCUT2D eigenvalue weighted by Crippen LogP contribution is -2.51. The van der Waals surface area contributed by atoms with E-state index in [9.17, 15) is 18.3 Å². The number of rotatable bonds is 15. The Balaban J connectivity index is 5.64. The molecule has 29 heavy (non-hydrogen) atoms. The van der Waals surface area contributed by atoms with Crippen LogP contribution in [0.4, 0.5) is 0 Å². The molecule has 0 amide bonds. The molecule has 0 rings (SSSR count). The van der Waals surface area contributed by atoms with Gasteiger partial charge in [-0.25, -0.2) is 0 Å². The van der Waals surface area contributed by atoms with Gasteiger partial charge in [-0.3, -0.25) is 28.1 Å². The molecule has 0 unspecified atom stereocenters. The van der Waals surface area contributed by atoms with Gasteiger partial charge in [0.25, 0.3) is 0 Å². The molecule has 0 heterocycles. The third-order valence-corrected chi connectivity index (χ3v) is 7.05. The van der Waals surface area contributed by atoms with Crippen LogP contribution in [-0.2, 0) is 18.3 Å². The van der Waals surface area contributed by atoms with Crippen LogP contribution in [0.1, 0.15) is 13.3 Å². The van der Waals surface area contributed by atoms with E-state index < -0.39 is 61.2 Å². The lowest BCUT2D eigenvalue weighted by atomic mass is 10.2. The average Bonchev–Trinajstić information content (AvgIpc) is 2.47. The summed E-state index contributed by atoms with van der Waals surface area (Å²) in [6.07, 6.45) is -3.13. The largest absolute Gasteiger partial charge is 0.326 e. The molecule has 0 aliphatic carbocycles. The van der Waals surface area contributed by atoms with Gasteiger partial charge >= 0.3 is 30.4 Å². The first-order valence-corrected chi connectivity index (χ1v) is 15.7. The smallest absolute Gasteiger partial charge is 0.324 e. The summed E-state index contributed by atoms with van der Waals surface area (Å²) in [4.78, 5) is 75.6. The third kappa shape index (κ3) is 16.8. The average molecular weight is 506 g/mol. The van der Waals surface area contributed by atoms with Crippen LogP contribution in [0.5, 0.6) is 0 Å². The summed E-state index contributed by atoms with van der Waals surface area (Å²) in [5.41, 5.74) is 0. The highest BCUT2D eigenvalue weighted by Crippen LogP contribution is 2.38. The van der Waals surface area contributed by atoms with E-state index in [-0.39, 0.29) is 32.6 Å². The van der Waals surface area contributed by atoms with Crippen molar-refractivity contribution in [2.45, 2.75) is 19.5 Å². The molecule has 18 heteroatoms. The molecule has 0 radical (unpaired) electrons. The Morgan fingerprint density at radius 1 is 0.552 bits per heavy atom. The van der Waals surface area contributed by atoms with E-state index >= 15 is 0 Å². The Bertz CT molecular complexity index is 573. The fourth-order valence-electron chi connectivity index (χ4n) is 2.60. The molecule has 0 atom stereocenters. The predicted molar refractivity (Wildman–Crippen MR) is 105 cm³/mol. The lowest BCUT2D eigenvalue weighted by Gasteiger charge is -2.39. The van der Waals surface area contributed by atoms with E-state index in [1.807, 2.05) is 0 Å². The Kier molecular flexibility index (Phi) is 12.2. The molecule has 176 valence electrons. The SMILES string of the molecule is CCC(N(CCP(=O)(O)O)CCP(=O)(O)O)N(CCP(=O)(O)O)CCP(=O)(O)O. The quantitative estimate of drug-likeness (QED) is 0.0986. The summed E-state index contributed by atoms with van der Waals surface area (Å²) < 4.78 is 44.9. The molecular formula is C11H30N2O12P4. The first-order chi connectivity index (χ1) is 12.8. The summed E-state index contributed by atoms with van der Waals surface area (Å²) in [7, 11) is -17.8. The summed E-state index contributed by atoms with van der Waals surface area (Å²) in [6.45, 7) is 0.473. The van der Waals surface area contributed by atoms with E-state index in [0.717, 1.165) is 0 Å². The van der Waals surface area contributed by atoms with Gasteiger partial charge in [0, 0.05) is 26.2 Å². The second-order valence-electron chi connectivity index (χ2n) is 6.51. The molecule has 0 saturated heterocycles. The van der Waals surface area contributed by atoms with Gasteiger partial charge in [0.05, 0.1) is 30.8 Å². The molecule has 0 bridgehead atoms. The van der Waals surface area contributed by atoms with Crippen molar-refractivity contribution in [2.75, 3.05) is 50.8 Å². The zero-order chi connectivity index (χ0) is 23.1. The van der Waals surface area contributed by atoms with Crippen LogP contribution in [-0.4, -0.2) is 106 Å². The summed E-state index contributed by atoms with van der Waals surface area (Å²) >= 11 is 0. The molecule has 0 aliphatic rings. The Labute approximate surface area is 168 Å². The molecule has 0 aliphatic heterocycles. The summed E-state index contributed by atoms with van der Waals surface area (Å²) in [6, 6.07) is 0. The van der Waals surface area contributed by atoms with Gasteiger partial charge in [-0.2, -0.15) is 0 Å². The molecule has 0 aromatic rings. The van der Waals surface area contributed by atoms with Crippen molar-refractivity contribution < 1.29 is 57.4 Å². The second-order valence-corrected chi connectivity index (χ2v) is 13.6. The van der Waals surface area contributed by atoms with Crippen LogP contribution < -0.4 is 0 Å². The number of hydrogen-bond acceptors (Lipinski definition) is 6. The minimum absolute atomic E-state index is 0.199. The van der Waals surface area contributed by atoms with Crippen molar-refractivity contribution in [3.63, 3.8) is 0 Å². The van der Waals surface area contributed by atoms with E-state index in [1.54, 1.807) is 6.92 Å². The van der Waals surface area contributed by atoms with Crippen LogP contribution in [0, 0.1) is 0 Å². The monoisotopic (exact) mass is 506 g/mol. The van der Waals surface area contributed by atoms with Crippen LogP contribution in [0.3, 0.4) is 0 Å². The zero-order valence-corrected chi connectivity index (χ0v) is 19.4. The van der Waals surface area contributed by atoms with Gasteiger partial charge < -0.3 is 39.1 Å². The van der Waals surface area contributed by atoms with Gasteiger partial charge in [0.2, 0.25) is 0 Å². The van der Waals surface area contributed by atoms with E-state index in [2.05, 4.69) is 0 Å². The molecule has 14 nitrogen and oxygen atoms in total. The molecule has 0 fully saturated rings. The minimum Gasteiger partial charge on any atom is -0.324 e. The highest BCUT2D eigenvalue weighted by molar-refractivity contribution is 7.52. The van der Waals surface area contributed by atoms with Crippen molar-refractivity contribution in [1.82, 2.24) is 9.80 Å². The van der Waals surface area contributed by atoms with Gasteiger partial charge in [-0.05, 0) is 6.42 Å². The summed E-state index contributed by atoms with van der Waals surface area (Å²) in [5.74, 6) is 0. The fraction of sp³-hybridized carbons (Fsp3) is 1.00. The highest BCUT2D eigenvalue weighted by Gasteiger charge is 2.30. The first-order valence-electron chi connectivity index (χ1n) is 8.49. The van der Waals surface area contributed by atoms with Crippen molar-refractivity contribution in [2.24, 2.45) is 0 Å². The van der Waals surface area contributed by atoms with Crippen molar-refractivity contribution >= 4 is 30.4 Å². The van der Waals surface area contributed by atoms with Crippen LogP contribution >= 0.6 is 30.4 Å². The van der Waals surface area contributed by atoms with E-state index in [1.165, 1.54) is 9.80 Å². The number of nitrogens with zero attached hydrogens (tertiary/aromatic N) is 2. The van der Waals surface area contributed by atoms with Crippen LogP contribution in [0.15, 0.2) is 0 Å². The van der Waals surface area contributed by atoms with Gasteiger partial charge in [0.1, 0.15) is 0 Å². The van der Waals surface area contributed by atoms with Crippen molar-refractivity contribution in [3.8, 4) is 0 Å². The number of hydrogen-bond donors (Lipinski definition) is 8. The molecule has 0 saturated carbocycles. The van der Waals surface area contributed by atoms with Crippen LogP contribution in [0.25, 0.3) is 0 Å². The molecule has 8 N–H and O–H groups in total. The summed E-state index contributed by atoms with van der Waals surface area (Å²) in [5, 5.41) is 0. The molecule has 0 aromatic carbocycles. The third-order valence-electron chi connectivity index (χ3n) is 3.92. The lowest BCUT2D eigenvalue weighted by molar-refractivity contribution is 0.0529.